The topological polar surface area (TPSA) is 0 Å². The maximum absolute atomic E-state index is 2.16. The molecule has 0 bridgehead atoms. The van der Waals surface area contributed by atoms with Crippen LogP contribution < -0.4 is 2.82 Å². The van der Waals surface area contributed by atoms with Gasteiger partial charge in [0.2, 0.25) is 0 Å². The van der Waals surface area contributed by atoms with Gasteiger partial charge in [-0.3, -0.25) is 0 Å². The molecule has 0 spiro atoms. The van der Waals surface area contributed by atoms with Crippen molar-refractivity contribution in [1.82, 2.24) is 0 Å². The number of thiophene rings is 1. The van der Waals surface area contributed by atoms with Crippen LogP contribution in [0, 0.1) is 0 Å². The van der Waals surface area contributed by atoms with Crippen LogP contribution >= 0.6 is 11.3 Å². The quantitative estimate of drug-likeness (QED) is 0.525. The van der Waals surface area contributed by atoms with E-state index in [9.17, 15) is 0 Å². The summed E-state index contributed by atoms with van der Waals surface area (Å²) in [5.41, 5.74) is 0. The summed E-state index contributed by atoms with van der Waals surface area (Å²) in [6.45, 7) is 0. The molecule has 1 aromatic rings. The Morgan fingerprint density at radius 3 is 2.67 bits per heavy atom. The van der Waals surface area contributed by atoms with Crippen molar-refractivity contribution in [3.05, 3.63) is 17.5 Å². The van der Waals surface area contributed by atoms with E-state index >= 15 is 0 Å². The van der Waals surface area contributed by atoms with Gasteiger partial charge in [-0.15, -0.1) is 0 Å². The zero-order valence-electron chi connectivity index (χ0n) is 3.22. The van der Waals surface area contributed by atoms with E-state index in [2.05, 4.69) is 17.5 Å². The first kappa shape index (κ1) is 4.67. The van der Waals surface area contributed by atoms with Crippen molar-refractivity contribution in [1.29, 1.82) is 0 Å². The summed E-state index contributed by atoms with van der Waals surface area (Å²) < 4.78 is 1.51. The van der Waals surface area contributed by atoms with E-state index in [1.165, 1.54) is 25.8 Å². The van der Waals surface area contributed by atoms with Crippen LogP contribution in [-0.4, -0.2) is 23.0 Å². The zero-order valence-corrected chi connectivity index (χ0v) is 7.33. The van der Waals surface area contributed by atoms with Gasteiger partial charge in [-0.1, -0.05) is 0 Å². The maximum atomic E-state index is 2.16. The van der Waals surface area contributed by atoms with Crippen LogP contribution in [0.25, 0.3) is 0 Å². The molecule has 1 heterocycles. The van der Waals surface area contributed by atoms with Crippen molar-refractivity contribution >= 4 is 37.2 Å². The Morgan fingerprint density at radius 1 is 1.67 bits per heavy atom. The summed E-state index contributed by atoms with van der Waals surface area (Å²) in [6, 6.07) is 4.25. The number of rotatable bonds is 0. The first-order valence-electron chi connectivity index (χ1n) is 1.68. The molecule has 0 fully saturated rings. The molecule has 0 saturated carbocycles. The van der Waals surface area contributed by atoms with Gasteiger partial charge < -0.3 is 0 Å². The summed E-state index contributed by atoms with van der Waals surface area (Å²) in [6.07, 6.45) is 0. The minimum atomic E-state index is 1.27. The van der Waals surface area contributed by atoms with Crippen molar-refractivity contribution in [2.45, 2.75) is 0 Å². The van der Waals surface area contributed by atoms with Crippen molar-refractivity contribution in [2.75, 3.05) is 0 Å². The van der Waals surface area contributed by atoms with E-state index in [1.54, 1.807) is 0 Å². The van der Waals surface area contributed by atoms with E-state index < -0.39 is 0 Å². The van der Waals surface area contributed by atoms with Crippen LogP contribution in [0.3, 0.4) is 0 Å². The second kappa shape index (κ2) is 1.99. The van der Waals surface area contributed by atoms with Gasteiger partial charge in [-0.2, -0.15) is 0 Å². The Balaban J connectivity index is 3.05. The molecule has 2 heteroatoms. The van der Waals surface area contributed by atoms with Crippen molar-refractivity contribution in [2.24, 2.45) is 0 Å². The molecule has 1 rings (SSSR count). The van der Waals surface area contributed by atoms with Gasteiger partial charge in [0.05, 0.1) is 0 Å². The van der Waals surface area contributed by atoms with Gasteiger partial charge in [0.25, 0.3) is 0 Å². The molecule has 6 heavy (non-hydrogen) atoms. The van der Waals surface area contributed by atoms with Crippen molar-refractivity contribution in [3.63, 3.8) is 0 Å². The van der Waals surface area contributed by atoms with Gasteiger partial charge in [0.1, 0.15) is 0 Å². The first-order valence-corrected chi connectivity index (χ1v) is 4.21. The van der Waals surface area contributed by atoms with Crippen LogP contribution in [-0.2, 0) is 0 Å². The van der Waals surface area contributed by atoms with E-state index in [0.717, 1.165) is 0 Å². The Labute approximate surface area is 54.7 Å². The van der Waals surface area contributed by atoms with Crippen LogP contribution in [0.1, 0.15) is 0 Å². The average molecular weight is 207 g/mol. The Morgan fingerprint density at radius 2 is 2.50 bits per heavy atom. The van der Waals surface area contributed by atoms with Crippen LogP contribution in [0.5, 0.6) is 0 Å². The molecule has 32 valence electrons. The van der Waals surface area contributed by atoms with Gasteiger partial charge in [0.15, 0.2) is 0 Å². The van der Waals surface area contributed by atoms with Crippen molar-refractivity contribution in [3.8, 4) is 0 Å². The van der Waals surface area contributed by atoms with Gasteiger partial charge in [-0.25, -0.2) is 0 Å². The minimum absolute atomic E-state index is 1.27. The predicted octanol–water partition coefficient (Wildman–Crippen LogP) is 0.00650. The molecule has 0 saturated heterocycles. The molecular weight excluding hydrogens is 202 g/mol. The number of hydrogen-bond acceptors (Lipinski definition) is 1. The third-order valence-electron chi connectivity index (χ3n) is 0.543. The molecule has 1 aromatic heterocycles. The molecule has 0 aliphatic rings. The number of hydrogen-bond donors (Lipinski definition) is 0. The van der Waals surface area contributed by atoms with E-state index in [-0.39, 0.29) is 0 Å². The van der Waals surface area contributed by atoms with E-state index in [4.69, 9.17) is 0 Å². The van der Waals surface area contributed by atoms with Gasteiger partial charge >= 0.3 is 54.7 Å². The Kier molecular flexibility index (Phi) is 1.55. The fourth-order valence-corrected chi connectivity index (χ4v) is 1.75. The third-order valence-corrected chi connectivity index (χ3v) is 2.96. The average Bonchev–Trinajstić information content (AvgIpc) is 1.86. The SMILES string of the molecule is [SbH2][c]1cccs1. The van der Waals surface area contributed by atoms with Gasteiger partial charge in [0, 0.05) is 0 Å². The molecule has 0 unspecified atom stereocenters. The summed E-state index contributed by atoms with van der Waals surface area (Å²) in [5.74, 6) is 0. The molecule has 0 radical (unpaired) electrons. The van der Waals surface area contributed by atoms with Crippen LogP contribution in [0.2, 0.25) is 0 Å². The fraction of sp³-hybridized carbons (Fsp3) is 0. The molecule has 0 aromatic carbocycles. The molecule has 0 amide bonds. The molecule has 0 N–H and O–H groups in total. The molecule has 0 nitrogen and oxygen atoms in total. The third kappa shape index (κ3) is 0.989. The molecule has 0 aliphatic carbocycles. The first-order chi connectivity index (χ1) is 2.89. The monoisotopic (exact) mass is 206 g/mol. The second-order valence-electron chi connectivity index (χ2n) is 1.02. The van der Waals surface area contributed by atoms with Crippen LogP contribution in [0.4, 0.5) is 0 Å². The standard InChI is InChI=1S/C4H3S.Sb.2H/c1-2-4-5-3-1;;;/h1-3H;;;. The van der Waals surface area contributed by atoms with Gasteiger partial charge in [-0.05, 0) is 0 Å². The van der Waals surface area contributed by atoms with E-state index in [0.29, 0.717) is 0 Å². The van der Waals surface area contributed by atoms with Crippen molar-refractivity contribution < 1.29 is 0 Å². The zero-order chi connectivity index (χ0) is 4.41. The predicted molar refractivity (Wildman–Crippen MR) is 32.5 cm³/mol. The molecule has 0 atom stereocenters. The molecule has 0 aliphatic heterocycles. The second-order valence-corrected chi connectivity index (χ2v) is 4.96. The summed E-state index contributed by atoms with van der Waals surface area (Å²) in [5, 5.41) is 2.11. The Hall–Kier alpha value is 0.518. The Bertz CT molecular complexity index is 111. The van der Waals surface area contributed by atoms with E-state index in [1.807, 2.05) is 11.3 Å². The summed E-state index contributed by atoms with van der Waals surface area (Å²) >= 11 is 3.11. The fourth-order valence-electron chi connectivity index (χ4n) is 0.291. The normalized spacial score (nSPS) is 8.83. The molecular formula is C4H5SSb. The summed E-state index contributed by atoms with van der Waals surface area (Å²) in [4.78, 5) is 0. The van der Waals surface area contributed by atoms with Crippen LogP contribution in [0.15, 0.2) is 17.5 Å². The summed E-state index contributed by atoms with van der Waals surface area (Å²) in [7, 11) is 0.